The highest BCUT2D eigenvalue weighted by Gasteiger charge is 2.12. The van der Waals surface area contributed by atoms with E-state index in [2.05, 4.69) is 15.5 Å². The van der Waals surface area contributed by atoms with Gasteiger partial charge < -0.3 is 14.5 Å². The Labute approximate surface area is 158 Å². The molecule has 3 aromatic rings. The van der Waals surface area contributed by atoms with Crippen LogP contribution >= 0.6 is 23.1 Å². The van der Waals surface area contributed by atoms with Crippen molar-refractivity contribution in [3.63, 3.8) is 0 Å². The Balaban J connectivity index is 1.47. The van der Waals surface area contributed by atoms with Gasteiger partial charge in [-0.25, -0.2) is 0 Å². The lowest BCUT2D eigenvalue weighted by Gasteiger charge is -2.03. The van der Waals surface area contributed by atoms with Crippen molar-refractivity contribution in [3.8, 4) is 11.8 Å². The highest BCUT2D eigenvalue weighted by atomic mass is 32.2. The number of thioether (sulfide) groups is 1. The van der Waals surface area contributed by atoms with Gasteiger partial charge in [0.2, 0.25) is 5.91 Å². The lowest BCUT2D eigenvalue weighted by molar-refractivity contribution is -0.113. The van der Waals surface area contributed by atoms with E-state index in [1.54, 1.807) is 11.4 Å². The molecule has 0 spiro atoms. The fourth-order valence-electron chi connectivity index (χ4n) is 1.99. The normalized spacial score (nSPS) is 10.3. The molecule has 3 rings (SSSR count). The number of benzene rings is 1. The summed E-state index contributed by atoms with van der Waals surface area (Å²) in [6.45, 7) is 2.14. The SMILES string of the molecule is Cc1cccc(OCc2nnc(SCC(=O)Nc3sccc3C#N)o2)c1. The summed E-state index contributed by atoms with van der Waals surface area (Å²) in [6, 6.07) is 11.3. The predicted molar refractivity (Wildman–Crippen MR) is 98.2 cm³/mol. The topological polar surface area (TPSA) is 101 Å². The van der Waals surface area contributed by atoms with Crippen LogP contribution in [0, 0.1) is 18.3 Å². The maximum absolute atomic E-state index is 12.0. The van der Waals surface area contributed by atoms with Gasteiger partial charge in [0.05, 0.1) is 11.3 Å². The Morgan fingerprint density at radius 3 is 3.12 bits per heavy atom. The van der Waals surface area contributed by atoms with Crippen molar-refractivity contribution in [1.29, 1.82) is 5.26 Å². The van der Waals surface area contributed by atoms with E-state index < -0.39 is 0 Å². The molecule has 0 unspecified atom stereocenters. The van der Waals surface area contributed by atoms with Crippen LogP contribution in [-0.4, -0.2) is 21.9 Å². The number of nitriles is 1. The number of nitrogens with one attached hydrogen (secondary N) is 1. The van der Waals surface area contributed by atoms with E-state index in [-0.39, 0.29) is 23.5 Å². The van der Waals surface area contributed by atoms with E-state index in [9.17, 15) is 4.79 Å². The molecule has 0 aliphatic heterocycles. The average Bonchev–Trinajstić information content (AvgIpc) is 3.27. The van der Waals surface area contributed by atoms with E-state index >= 15 is 0 Å². The third-order valence-corrected chi connectivity index (χ3v) is 4.81. The molecule has 0 fully saturated rings. The van der Waals surface area contributed by atoms with E-state index in [0.29, 0.717) is 16.5 Å². The van der Waals surface area contributed by atoms with Crippen LogP contribution in [-0.2, 0) is 11.4 Å². The number of rotatable bonds is 7. The van der Waals surface area contributed by atoms with Crippen LogP contribution in [0.1, 0.15) is 17.0 Å². The number of hydrogen-bond acceptors (Lipinski definition) is 8. The summed E-state index contributed by atoms with van der Waals surface area (Å²) < 4.78 is 11.0. The molecule has 9 heteroatoms. The first-order valence-electron chi connectivity index (χ1n) is 7.56. The second-order valence-electron chi connectivity index (χ2n) is 5.18. The Morgan fingerprint density at radius 2 is 2.31 bits per heavy atom. The number of carbonyl (C=O) groups excluding carboxylic acids is 1. The largest absolute Gasteiger partial charge is 0.484 e. The molecular formula is C17H14N4O3S2. The Morgan fingerprint density at radius 1 is 1.42 bits per heavy atom. The molecular weight excluding hydrogens is 372 g/mol. The molecule has 1 aromatic carbocycles. The first-order valence-corrected chi connectivity index (χ1v) is 9.42. The van der Waals surface area contributed by atoms with Crippen LogP contribution in [0.15, 0.2) is 45.4 Å². The number of ether oxygens (including phenoxy) is 1. The van der Waals surface area contributed by atoms with Crippen molar-refractivity contribution in [3.05, 3.63) is 52.7 Å². The molecule has 1 amide bonds. The van der Waals surface area contributed by atoms with Crippen LogP contribution < -0.4 is 10.1 Å². The minimum atomic E-state index is -0.246. The monoisotopic (exact) mass is 386 g/mol. The fraction of sp³-hybridized carbons (Fsp3) is 0.176. The summed E-state index contributed by atoms with van der Waals surface area (Å²) in [5.74, 6) is 0.911. The van der Waals surface area contributed by atoms with Crippen LogP contribution in [0.2, 0.25) is 0 Å². The summed E-state index contributed by atoms with van der Waals surface area (Å²) in [5.41, 5.74) is 1.54. The van der Waals surface area contributed by atoms with Crippen LogP contribution in [0.5, 0.6) is 5.75 Å². The molecule has 2 aromatic heterocycles. The molecule has 26 heavy (non-hydrogen) atoms. The molecule has 132 valence electrons. The number of aryl methyl sites for hydroxylation is 1. The molecule has 0 bridgehead atoms. The number of carbonyl (C=O) groups is 1. The molecule has 0 saturated carbocycles. The van der Waals surface area contributed by atoms with Gasteiger partial charge in [-0.05, 0) is 36.1 Å². The van der Waals surface area contributed by atoms with Crippen molar-refractivity contribution < 1.29 is 13.9 Å². The molecule has 0 radical (unpaired) electrons. The minimum absolute atomic E-state index is 0.100. The van der Waals surface area contributed by atoms with Gasteiger partial charge in [0, 0.05) is 0 Å². The summed E-state index contributed by atoms with van der Waals surface area (Å²) in [5, 5.41) is 22.0. The van der Waals surface area contributed by atoms with Crippen molar-refractivity contribution in [2.75, 3.05) is 11.1 Å². The molecule has 2 heterocycles. The second-order valence-corrected chi connectivity index (χ2v) is 7.02. The molecule has 7 nitrogen and oxygen atoms in total. The lowest BCUT2D eigenvalue weighted by atomic mass is 10.2. The van der Waals surface area contributed by atoms with Gasteiger partial charge in [-0.15, -0.1) is 21.5 Å². The van der Waals surface area contributed by atoms with Gasteiger partial charge in [0.15, 0.2) is 6.61 Å². The van der Waals surface area contributed by atoms with Crippen LogP contribution in [0.25, 0.3) is 0 Å². The van der Waals surface area contributed by atoms with Crippen LogP contribution in [0.3, 0.4) is 0 Å². The first-order chi connectivity index (χ1) is 12.6. The number of hydrogen-bond donors (Lipinski definition) is 1. The zero-order chi connectivity index (χ0) is 18.4. The summed E-state index contributed by atoms with van der Waals surface area (Å²) in [7, 11) is 0. The van der Waals surface area contributed by atoms with Crippen LogP contribution in [0.4, 0.5) is 5.00 Å². The van der Waals surface area contributed by atoms with Gasteiger partial charge >= 0.3 is 0 Å². The average molecular weight is 386 g/mol. The van der Waals surface area contributed by atoms with Gasteiger partial charge in [0.1, 0.15) is 16.8 Å². The number of anilines is 1. The summed E-state index contributed by atoms with van der Waals surface area (Å²) in [6.07, 6.45) is 0. The molecule has 1 N–H and O–H groups in total. The molecule has 0 atom stereocenters. The summed E-state index contributed by atoms with van der Waals surface area (Å²) in [4.78, 5) is 12.0. The van der Waals surface area contributed by atoms with Gasteiger partial charge in [-0.1, -0.05) is 23.9 Å². The maximum atomic E-state index is 12.0. The van der Waals surface area contributed by atoms with E-state index in [4.69, 9.17) is 14.4 Å². The van der Waals surface area contributed by atoms with E-state index in [1.165, 1.54) is 11.3 Å². The molecule has 0 saturated heterocycles. The Bertz CT molecular complexity index is 945. The number of nitrogens with zero attached hydrogens (tertiary/aromatic N) is 3. The lowest BCUT2D eigenvalue weighted by Crippen LogP contribution is -2.13. The smallest absolute Gasteiger partial charge is 0.277 e. The van der Waals surface area contributed by atoms with Gasteiger partial charge in [-0.3, -0.25) is 4.79 Å². The highest BCUT2D eigenvalue weighted by Crippen LogP contribution is 2.23. The van der Waals surface area contributed by atoms with E-state index in [0.717, 1.165) is 23.1 Å². The quantitative estimate of drug-likeness (QED) is 0.619. The Kier molecular flexibility index (Phi) is 5.88. The van der Waals surface area contributed by atoms with Crippen molar-refractivity contribution in [2.45, 2.75) is 18.8 Å². The highest BCUT2D eigenvalue weighted by molar-refractivity contribution is 7.99. The zero-order valence-electron chi connectivity index (χ0n) is 13.8. The molecule has 0 aliphatic rings. The molecule has 0 aliphatic carbocycles. The van der Waals surface area contributed by atoms with E-state index in [1.807, 2.05) is 37.3 Å². The fourth-order valence-corrected chi connectivity index (χ4v) is 3.32. The third-order valence-electron chi connectivity index (χ3n) is 3.17. The predicted octanol–water partition coefficient (Wildman–Crippen LogP) is 3.62. The number of aromatic nitrogens is 2. The van der Waals surface area contributed by atoms with Gasteiger partial charge in [0.25, 0.3) is 11.1 Å². The third kappa shape index (κ3) is 4.84. The minimum Gasteiger partial charge on any atom is -0.484 e. The Hall–Kier alpha value is -2.83. The second kappa shape index (κ2) is 8.51. The zero-order valence-corrected chi connectivity index (χ0v) is 15.4. The number of amides is 1. The van der Waals surface area contributed by atoms with Crippen molar-refractivity contribution in [2.24, 2.45) is 0 Å². The van der Waals surface area contributed by atoms with Crippen molar-refractivity contribution >= 4 is 34.0 Å². The first kappa shape index (κ1) is 18.0. The van der Waals surface area contributed by atoms with Gasteiger partial charge in [-0.2, -0.15) is 5.26 Å². The number of thiophene rings is 1. The summed E-state index contributed by atoms with van der Waals surface area (Å²) >= 11 is 2.42. The standard InChI is InChI=1S/C17H14N4O3S2/c1-11-3-2-4-13(7-11)23-9-15-20-21-17(24-15)26-10-14(22)19-16-12(8-18)5-6-25-16/h2-7H,9-10H2,1H3,(H,19,22). The van der Waals surface area contributed by atoms with Crippen molar-refractivity contribution in [1.82, 2.24) is 10.2 Å². The maximum Gasteiger partial charge on any atom is 0.277 e.